The molecule has 8 nitrogen and oxygen atoms in total. The Balaban J connectivity index is 1.48. The molecule has 1 atom stereocenters. The number of aliphatic imine (C=N–C) groups is 1. The van der Waals surface area contributed by atoms with Gasteiger partial charge < -0.3 is 25.0 Å². The maximum Gasteiger partial charge on any atom is 0.260 e. The predicted molar refractivity (Wildman–Crippen MR) is 121 cm³/mol. The largest absolute Gasteiger partial charge is 0.497 e. The van der Waals surface area contributed by atoms with Crippen LogP contribution < -0.4 is 20.1 Å². The van der Waals surface area contributed by atoms with Gasteiger partial charge in [0, 0.05) is 12.7 Å². The van der Waals surface area contributed by atoms with Gasteiger partial charge in [0.05, 0.1) is 24.9 Å². The van der Waals surface area contributed by atoms with Crippen molar-refractivity contribution < 1.29 is 14.3 Å². The lowest BCUT2D eigenvalue weighted by molar-refractivity contribution is -0.132. The molecule has 1 amide bonds. The number of benzene rings is 1. The number of anilines is 2. The standard InChI is InChI=1S/C23H29N5O3/c1-22(2,3)27-21-23(26-18-6-5-12-24-20(18)25-21)11-13-28(15-23)19(29)14-31-17-9-7-16(30-4)8-10-17/h5-10,12,26H,11,13-15H2,1-4H3,(H,24,25,27). The van der Waals surface area contributed by atoms with E-state index in [0.717, 1.165) is 29.5 Å². The van der Waals surface area contributed by atoms with Crippen molar-refractivity contribution in [3.63, 3.8) is 0 Å². The average Bonchev–Trinajstić information content (AvgIpc) is 3.17. The molecule has 164 valence electrons. The summed E-state index contributed by atoms with van der Waals surface area (Å²) in [6.07, 6.45) is 2.50. The third-order valence-corrected chi connectivity index (χ3v) is 5.36. The monoisotopic (exact) mass is 423 g/mol. The highest BCUT2D eigenvalue weighted by Crippen LogP contribution is 2.36. The Labute approximate surface area is 182 Å². The Morgan fingerprint density at radius 3 is 2.68 bits per heavy atom. The number of amides is 1. The molecule has 0 bridgehead atoms. The van der Waals surface area contributed by atoms with Gasteiger partial charge in [-0.3, -0.25) is 9.79 Å². The number of rotatable bonds is 4. The number of ether oxygens (including phenoxy) is 2. The van der Waals surface area contributed by atoms with E-state index in [-0.39, 0.29) is 18.1 Å². The quantitative estimate of drug-likeness (QED) is 0.785. The number of fused-ring (bicyclic) bond motifs is 1. The van der Waals surface area contributed by atoms with Crippen LogP contribution in [0.4, 0.5) is 11.5 Å². The zero-order valence-electron chi connectivity index (χ0n) is 18.4. The summed E-state index contributed by atoms with van der Waals surface area (Å²) >= 11 is 0. The van der Waals surface area contributed by atoms with Crippen LogP contribution in [0.3, 0.4) is 0 Å². The lowest BCUT2D eigenvalue weighted by Crippen LogP contribution is -2.55. The van der Waals surface area contributed by atoms with E-state index in [0.29, 0.717) is 18.8 Å². The van der Waals surface area contributed by atoms with E-state index in [1.54, 1.807) is 25.4 Å². The molecule has 1 fully saturated rings. The number of carbonyl (C=O) groups excluding carboxylic acids is 1. The zero-order valence-corrected chi connectivity index (χ0v) is 18.4. The van der Waals surface area contributed by atoms with Gasteiger partial charge in [-0.15, -0.1) is 0 Å². The molecular weight excluding hydrogens is 394 g/mol. The molecule has 1 aromatic heterocycles. The minimum absolute atomic E-state index is 0.0142. The normalized spacial score (nSPS) is 21.4. The molecule has 0 radical (unpaired) electrons. The smallest absolute Gasteiger partial charge is 0.260 e. The minimum atomic E-state index is -0.473. The number of carbonyl (C=O) groups is 1. The number of nitrogens with zero attached hydrogens (tertiary/aromatic N) is 3. The summed E-state index contributed by atoms with van der Waals surface area (Å²) in [5.74, 6) is 2.90. The van der Waals surface area contributed by atoms with Crippen LogP contribution in [-0.2, 0) is 4.79 Å². The second-order valence-electron chi connectivity index (χ2n) is 8.89. The summed E-state index contributed by atoms with van der Waals surface area (Å²) in [4.78, 5) is 24.1. The number of aromatic nitrogens is 1. The van der Waals surface area contributed by atoms with Crippen molar-refractivity contribution in [3.8, 4) is 11.5 Å². The number of pyridine rings is 1. The molecule has 8 heteroatoms. The Morgan fingerprint density at radius 1 is 1.23 bits per heavy atom. The molecule has 1 unspecified atom stereocenters. The molecule has 0 aliphatic carbocycles. The van der Waals surface area contributed by atoms with Crippen LogP contribution in [0.2, 0.25) is 0 Å². The Hall–Kier alpha value is -3.29. The topological polar surface area (TPSA) is 88.1 Å². The SMILES string of the molecule is COc1ccc(OCC(=O)N2CCC3(C2)Nc2cccnc2NC3=NC(C)(C)C)cc1. The van der Waals surface area contributed by atoms with Gasteiger partial charge in [-0.1, -0.05) is 0 Å². The fourth-order valence-electron chi connectivity index (χ4n) is 3.85. The van der Waals surface area contributed by atoms with Crippen LogP contribution in [0.1, 0.15) is 27.2 Å². The summed E-state index contributed by atoms with van der Waals surface area (Å²) < 4.78 is 10.8. The fourth-order valence-corrected chi connectivity index (χ4v) is 3.85. The van der Waals surface area contributed by atoms with Gasteiger partial charge in [-0.25, -0.2) is 4.98 Å². The van der Waals surface area contributed by atoms with Gasteiger partial charge in [0.15, 0.2) is 12.4 Å². The molecular formula is C23H29N5O3. The summed E-state index contributed by atoms with van der Waals surface area (Å²) in [6, 6.07) is 11.1. The van der Waals surface area contributed by atoms with Crippen molar-refractivity contribution in [2.45, 2.75) is 38.3 Å². The number of likely N-dealkylation sites (tertiary alicyclic amines) is 1. The Bertz CT molecular complexity index is 983. The summed E-state index contributed by atoms with van der Waals surface area (Å²) in [5, 5.41) is 7.02. The molecule has 1 spiro atoms. The average molecular weight is 424 g/mol. The van der Waals surface area contributed by atoms with E-state index < -0.39 is 5.54 Å². The fraction of sp³-hybridized carbons (Fsp3) is 0.435. The predicted octanol–water partition coefficient (Wildman–Crippen LogP) is 3.17. The van der Waals surface area contributed by atoms with Gasteiger partial charge in [0.1, 0.15) is 22.9 Å². The number of hydrogen-bond donors (Lipinski definition) is 2. The van der Waals surface area contributed by atoms with Gasteiger partial charge >= 0.3 is 0 Å². The number of methoxy groups -OCH3 is 1. The molecule has 2 N–H and O–H groups in total. The van der Waals surface area contributed by atoms with Crippen molar-refractivity contribution in [2.24, 2.45) is 4.99 Å². The zero-order chi connectivity index (χ0) is 22.1. The lowest BCUT2D eigenvalue weighted by Gasteiger charge is -2.39. The summed E-state index contributed by atoms with van der Waals surface area (Å²) in [5.41, 5.74) is 0.177. The van der Waals surface area contributed by atoms with Crippen molar-refractivity contribution in [2.75, 3.05) is 37.4 Å². The maximum absolute atomic E-state index is 12.9. The molecule has 0 saturated carbocycles. The van der Waals surface area contributed by atoms with Crippen LogP contribution in [0.5, 0.6) is 11.5 Å². The van der Waals surface area contributed by atoms with Gasteiger partial charge in [-0.2, -0.15) is 0 Å². The minimum Gasteiger partial charge on any atom is -0.497 e. The maximum atomic E-state index is 12.9. The highest BCUT2D eigenvalue weighted by Gasteiger charge is 2.47. The Morgan fingerprint density at radius 2 is 1.97 bits per heavy atom. The van der Waals surface area contributed by atoms with E-state index in [1.165, 1.54) is 0 Å². The summed E-state index contributed by atoms with van der Waals surface area (Å²) in [7, 11) is 1.61. The van der Waals surface area contributed by atoms with Gasteiger partial charge in [0.2, 0.25) is 0 Å². The molecule has 2 aliphatic heterocycles. The first-order valence-electron chi connectivity index (χ1n) is 10.4. The molecule has 1 aromatic carbocycles. The first-order valence-corrected chi connectivity index (χ1v) is 10.4. The van der Waals surface area contributed by atoms with Crippen LogP contribution in [-0.4, -0.2) is 59.5 Å². The molecule has 1 saturated heterocycles. The van der Waals surface area contributed by atoms with Crippen molar-refractivity contribution in [3.05, 3.63) is 42.6 Å². The number of hydrogen-bond acceptors (Lipinski definition) is 6. The molecule has 2 aromatic rings. The third-order valence-electron chi connectivity index (χ3n) is 5.36. The van der Waals surface area contributed by atoms with E-state index in [1.807, 2.05) is 29.2 Å². The van der Waals surface area contributed by atoms with Gasteiger partial charge in [0.25, 0.3) is 5.91 Å². The van der Waals surface area contributed by atoms with Crippen LogP contribution >= 0.6 is 0 Å². The van der Waals surface area contributed by atoms with Crippen LogP contribution in [0, 0.1) is 0 Å². The third kappa shape index (κ3) is 4.57. The number of nitrogens with one attached hydrogen (secondary N) is 2. The first-order chi connectivity index (χ1) is 14.8. The highest BCUT2D eigenvalue weighted by atomic mass is 16.5. The molecule has 31 heavy (non-hydrogen) atoms. The van der Waals surface area contributed by atoms with E-state index in [4.69, 9.17) is 14.5 Å². The van der Waals surface area contributed by atoms with E-state index in [2.05, 4.69) is 36.4 Å². The molecule has 4 rings (SSSR count). The highest BCUT2D eigenvalue weighted by molar-refractivity contribution is 6.09. The van der Waals surface area contributed by atoms with Crippen LogP contribution in [0.25, 0.3) is 0 Å². The Kier molecular flexibility index (Phi) is 5.47. The molecule has 2 aliphatic rings. The van der Waals surface area contributed by atoms with Crippen molar-refractivity contribution in [1.82, 2.24) is 9.88 Å². The van der Waals surface area contributed by atoms with Gasteiger partial charge in [-0.05, 0) is 63.6 Å². The summed E-state index contributed by atoms with van der Waals surface area (Å²) in [6.45, 7) is 7.30. The van der Waals surface area contributed by atoms with Crippen molar-refractivity contribution in [1.29, 1.82) is 0 Å². The second kappa shape index (κ2) is 8.09. The molecule has 3 heterocycles. The van der Waals surface area contributed by atoms with E-state index in [9.17, 15) is 4.79 Å². The van der Waals surface area contributed by atoms with E-state index >= 15 is 0 Å². The lowest BCUT2D eigenvalue weighted by atomic mass is 9.93. The van der Waals surface area contributed by atoms with Crippen molar-refractivity contribution >= 4 is 23.2 Å². The first kappa shape index (κ1) is 21.0. The van der Waals surface area contributed by atoms with Crippen LogP contribution in [0.15, 0.2) is 47.6 Å². The second-order valence-corrected chi connectivity index (χ2v) is 8.89. The number of amidine groups is 1.